The molecule has 0 radical (unpaired) electrons. The fourth-order valence-corrected chi connectivity index (χ4v) is 2.79. The van der Waals surface area contributed by atoms with E-state index in [1.807, 2.05) is 12.3 Å². The molecule has 5 nitrogen and oxygen atoms in total. The Bertz CT molecular complexity index is 581. The van der Waals surface area contributed by atoms with Crippen molar-refractivity contribution in [2.75, 3.05) is 6.54 Å². The maximum absolute atomic E-state index is 5.50. The lowest BCUT2D eigenvalue weighted by molar-refractivity contribution is 0.295. The Hall–Kier alpha value is -1.75. The summed E-state index contributed by atoms with van der Waals surface area (Å²) in [5.74, 6) is 1.83. The van der Waals surface area contributed by atoms with Crippen LogP contribution in [0, 0.1) is 0 Å². The summed E-state index contributed by atoms with van der Waals surface area (Å²) in [5.41, 5.74) is 2.18. The minimum atomic E-state index is 0.374. The second-order valence-electron chi connectivity index (χ2n) is 5.42. The molecule has 5 heteroatoms. The minimum absolute atomic E-state index is 0.374. The molecule has 0 aromatic carbocycles. The van der Waals surface area contributed by atoms with Crippen LogP contribution < -0.4 is 5.32 Å². The summed E-state index contributed by atoms with van der Waals surface area (Å²) >= 11 is 0. The van der Waals surface area contributed by atoms with E-state index in [9.17, 15) is 0 Å². The standard InChI is InChI=1S/C15H20N4O/c1-3-11-9-16-6-5-13(11)14-18-15(20-19-14)12-4-7-17-10(2)8-12/h5-6,9-10,12,17H,3-4,7-8H2,1-2H3. The lowest BCUT2D eigenvalue weighted by Crippen LogP contribution is -2.34. The number of piperidine rings is 1. The van der Waals surface area contributed by atoms with Crippen molar-refractivity contribution in [1.82, 2.24) is 20.4 Å². The predicted octanol–water partition coefficient (Wildman–Crippen LogP) is 2.55. The fraction of sp³-hybridized carbons (Fsp3) is 0.533. The zero-order valence-corrected chi connectivity index (χ0v) is 12.0. The summed E-state index contributed by atoms with van der Waals surface area (Å²) in [6.07, 6.45) is 6.67. The largest absolute Gasteiger partial charge is 0.339 e. The Morgan fingerprint density at radius 2 is 2.35 bits per heavy atom. The molecule has 0 aliphatic carbocycles. The first kappa shape index (κ1) is 13.2. The van der Waals surface area contributed by atoms with Crippen molar-refractivity contribution in [3.8, 4) is 11.4 Å². The molecule has 2 atom stereocenters. The Labute approximate surface area is 118 Å². The Kier molecular flexibility index (Phi) is 3.78. The normalized spacial score (nSPS) is 22.9. The van der Waals surface area contributed by atoms with Gasteiger partial charge in [-0.15, -0.1) is 0 Å². The van der Waals surface area contributed by atoms with Crippen molar-refractivity contribution in [1.29, 1.82) is 0 Å². The van der Waals surface area contributed by atoms with Gasteiger partial charge in [0.15, 0.2) is 0 Å². The van der Waals surface area contributed by atoms with Gasteiger partial charge in [-0.25, -0.2) is 0 Å². The highest BCUT2D eigenvalue weighted by Gasteiger charge is 2.25. The van der Waals surface area contributed by atoms with E-state index in [-0.39, 0.29) is 0 Å². The molecule has 1 saturated heterocycles. The predicted molar refractivity (Wildman–Crippen MR) is 76.3 cm³/mol. The zero-order chi connectivity index (χ0) is 13.9. The number of nitrogens with zero attached hydrogens (tertiary/aromatic N) is 3. The van der Waals surface area contributed by atoms with Crippen LogP contribution in [0.5, 0.6) is 0 Å². The molecule has 0 spiro atoms. The van der Waals surface area contributed by atoms with Crippen LogP contribution in [0.3, 0.4) is 0 Å². The van der Waals surface area contributed by atoms with Gasteiger partial charge >= 0.3 is 0 Å². The van der Waals surface area contributed by atoms with E-state index in [4.69, 9.17) is 4.52 Å². The molecule has 106 valence electrons. The van der Waals surface area contributed by atoms with E-state index >= 15 is 0 Å². The van der Waals surface area contributed by atoms with Crippen LogP contribution in [-0.2, 0) is 6.42 Å². The van der Waals surface area contributed by atoms with Crippen LogP contribution in [0.25, 0.3) is 11.4 Å². The summed E-state index contributed by atoms with van der Waals surface area (Å²) in [6.45, 7) is 5.32. The number of pyridine rings is 1. The number of hydrogen-bond donors (Lipinski definition) is 1. The van der Waals surface area contributed by atoms with Gasteiger partial charge in [-0.1, -0.05) is 12.1 Å². The second-order valence-corrected chi connectivity index (χ2v) is 5.42. The smallest absolute Gasteiger partial charge is 0.230 e. The molecule has 2 aromatic heterocycles. The second kappa shape index (κ2) is 5.71. The van der Waals surface area contributed by atoms with E-state index < -0.39 is 0 Å². The monoisotopic (exact) mass is 272 g/mol. The van der Waals surface area contributed by atoms with Crippen LogP contribution in [0.2, 0.25) is 0 Å². The van der Waals surface area contributed by atoms with Gasteiger partial charge in [0.1, 0.15) is 0 Å². The molecule has 1 N–H and O–H groups in total. The number of hydrogen-bond acceptors (Lipinski definition) is 5. The lowest BCUT2D eigenvalue weighted by Gasteiger charge is -2.25. The van der Waals surface area contributed by atoms with Gasteiger partial charge in [-0.3, -0.25) is 4.98 Å². The average molecular weight is 272 g/mol. The Morgan fingerprint density at radius 3 is 3.15 bits per heavy atom. The summed E-state index contributed by atoms with van der Waals surface area (Å²) in [5, 5.41) is 7.60. The summed E-state index contributed by atoms with van der Waals surface area (Å²) in [6, 6.07) is 2.47. The SMILES string of the molecule is CCc1cnccc1-c1noc(C2CCNC(C)C2)n1. The third-order valence-electron chi connectivity index (χ3n) is 3.94. The maximum Gasteiger partial charge on any atom is 0.230 e. The molecule has 1 fully saturated rings. The first-order valence-corrected chi connectivity index (χ1v) is 7.28. The third-order valence-corrected chi connectivity index (χ3v) is 3.94. The molecule has 3 heterocycles. The first-order chi connectivity index (χ1) is 9.78. The highest BCUT2D eigenvalue weighted by molar-refractivity contribution is 5.58. The van der Waals surface area contributed by atoms with Gasteiger partial charge in [0.2, 0.25) is 11.7 Å². The molecule has 20 heavy (non-hydrogen) atoms. The van der Waals surface area contributed by atoms with Gasteiger partial charge < -0.3 is 9.84 Å². The zero-order valence-electron chi connectivity index (χ0n) is 12.0. The number of aromatic nitrogens is 3. The van der Waals surface area contributed by atoms with Crippen molar-refractivity contribution in [2.24, 2.45) is 0 Å². The molecule has 3 rings (SSSR count). The van der Waals surface area contributed by atoms with E-state index in [2.05, 4.69) is 34.3 Å². The van der Waals surface area contributed by atoms with E-state index in [0.29, 0.717) is 17.8 Å². The summed E-state index contributed by atoms with van der Waals surface area (Å²) in [7, 11) is 0. The quantitative estimate of drug-likeness (QED) is 0.930. The van der Waals surface area contributed by atoms with Crippen LogP contribution >= 0.6 is 0 Å². The summed E-state index contributed by atoms with van der Waals surface area (Å²) < 4.78 is 5.50. The summed E-state index contributed by atoms with van der Waals surface area (Å²) in [4.78, 5) is 8.77. The van der Waals surface area contributed by atoms with Crippen LogP contribution in [-0.4, -0.2) is 27.7 Å². The Balaban J connectivity index is 1.86. The van der Waals surface area contributed by atoms with Crippen molar-refractivity contribution in [3.63, 3.8) is 0 Å². The number of nitrogens with one attached hydrogen (secondary N) is 1. The van der Waals surface area contributed by atoms with Gasteiger partial charge in [-0.2, -0.15) is 4.98 Å². The highest BCUT2D eigenvalue weighted by atomic mass is 16.5. The van der Waals surface area contributed by atoms with Crippen molar-refractivity contribution < 1.29 is 4.52 Å². The van der Waals surface area contributed by atoms with Gasteiger partial charge in [0, 0.05) is 29.9 Å². The molecular weight excluding hydrogens is 252 g/mol. The fourth-order valence-electron chi connectivity index (χ4n) is 2.79. The topological polar surface area (TPSA) is 63.8 Å². The van der Waals surface area contributed by atoms with Crippen LogP contribution in [0.1, 0.15) is 44.1 Å². The molecule has 0 saturated carbocycles. The van der Waals surface area contributed by atoms with Crippen LogP contribution in [0.15, 0.2) is 23.0 Å². The number of aryl methyl sites for hydroxylation is 1. The molecule has 0 bridgehead atoms. The van der Waals surface area contributed by atoms with Gasteiger partial charge in [0.25, 0.3) is 0 Å². The minimum Gasteiger partial charge on any atom is -0.339 e. The Morgan fingerprint density at radius 1 is 1.45 bits per heavy atom. The first-order valence-electron chi connectivity index (χ1n) is 7.28. The van der Waals surface area contributed by atoms with Crippen molar-refractivity contribution in [2.45, 2.75) is 45.1 Å². The molecule has 0 amide bonds. The molecular formula is C15H20N4O. The molecule has 2 aromatic rings. The average Bonchev–Trinajstić information content (AvgIpc) is 2.97. The third kappa shape index (κ3) is 2.58. The van der Waals surface area contributed by atoms with Crippen molar-refractivity contribution >= 4 is 0 Å². The van der Waals surface area contributed by atoms with Gasteiger partial charge in [-0.05, 0) is 44.4 Å². The van der Waals surface area contributed by atoms with E-state index in [1.165, 1.54) is 0 Å². The van der Waals surface area contributed by atoms with E-state index in [1.54, 1.807) is 6.20 Å². The van der Waals surface area contributed by atoms with E-state index in [0.717, 1.165) is 42.8 Å². The van der Waals surface area contributed by atoms with Crippen LogP contribution in [0.4, 0.5) is 0 Å². The maximum atomic E-state index is 5.50. The lowest BCUT2D eigenvalue weighted by atomic mass is 9.93. The molecule has 2 unspecified atom stereocenters. The number of rotatable bonds is 3. The van der Waals surface area contributed by atoms with Crippen molar-refractivity contribution in [3.05, 3.63) is 29.9 Å². The van der Waals surface area contributed by atoms with Gasteiger partial charge in [0.05, 0.1) is 0 Å². The highest BCUT2D eigenvalue weighted by Crippen LogP contribution is 2.28. The molecule has 1 aliphatic heterocycles. The molecule has 1 aliphatic rings.